The number of hydrogen-bond acceptors (Lipinski definition) is 2. The van der Waals surface area contributed by atoms with Gasteiger partial charge in [0.2, 0.25) is 0 Å². The first-order valence-corrected chi connectivity index (χ1v) is 7.28. The van der Waals surface area contributed by atoms with Crippen LogP contribution in [0.15, 0.2) is 67.6 Å². The van der Waals surface area contributed by atoms with Gasteiger partial charge < -0.3 is 8.97 Å². The standard InChI is InChI=1S/C18H16N4/c1-14-10-17(18-20-7-9-22(18)11-14)16-4-2-15(3-5-16)12-21-8-6-19-13-21/h2-11,13H,12H2,1H3. The molecule has 0 saturated heterocycles. The predicted octanol–water partition coefficient (Wildman–Crippen LogP) is 3.55. The van der Waals surface area contributed by atoms with E-state index in [2.05, 4.69) is 62.4 Å². The van der Waals surface area contributed by atoms with E-state index in [4.69, 9.17) is 0 Å². The molecule has 3 heterocycles. The summed E-state index contributed by atoms with van der Waals surface area (Å²) in [5, 5.41) is 0. The zero-order chi connectivity index (χ0) is 14.9. The van der Waals surface area contributed by atoms with Crippen LogP contribution in [0.1, 0.15) is 11.1 Å². The van der Waals surface area contributed by atoms with E-state index >= 15 is 0 Å². The van der Waals surface area contributed by atoms with Crippen molar-refractivity contribution in [3.63, 3.8) is 0 Å². The summed E-state index contributed by atoms with van der Waals surface area (Å²) in [5.74, 6) is 0. The van der Waals surface area contributed by atoms with E-state index in [0.29, 0.717) is 0 Å². The first-order valence-electron chi connectivity index (χ1n) is 7.28. The van der Waals surface area contributed by atoms with E-state index in [1.807, 2.05) is 24.9 Å². The Bertz CT molecular complexity index is 902. The van der Waals surface area contributed by atoms with Crippen molar-refractivity contribution in [1.82, 2.24) is 18.9 Å². The number of aryl methyl sites for hydroxylation is 1. The van der Waals surface area contributed by atoms with Gasteiger partial charge in [-0.1, -0.05) is 24.3 Å². The Kier molecular flexibility index (Phi) is 3.00. The summed E-state index contributed by atoms with van der Waals surface area (Å²) in [6, 6.07) is 10.8. The number of aromatic nitrogens is 4. The Morgan fingerprint density at radius 2 is 1.91 bits per heavy atom. The van der Waals surface area contributed by atoms with E-state index in [0.717, 1.165) is 12.2 Å². The smallest absolute Gasteiger partial charge is 0.144 e. The predicted molar refractivity (Wildman–Crippen MR) is 86.7 cm³/mol. The summed E-state index contributed by atoms with van der Waals surface area (Å²) >= 11 is 0. The molecule has 0 spiro atoms. The Balaban J connectivity index is 1.71. The van der Waals surface area contributed by atoms with Gasteiger partial charge in [-0.25, -0.2) is 9.97 Å². The lowest BCUT2D eigenvalue weighted by Crippen LogP contribution is -1.96. The minimum Gasteiger partial charge on any atom is -0.333 e. The number of fused-ring (bicyclic) bond motifs is 1. The lowest BCUT2D eigenvalue weighted by molar-refractivity contribution is 0.797. The zero-order valence-corrected chi connectivity index (χ0v) is 12.3. The highest BCUT2D eigenvalue weighted by Crippen LogP contribution is 2.25. The molecular formula is C18H16N4. The molecule has 0 aliphatic rings. The van der Waals surface area contributed by atoms with E-state index in [9.17, 15) is 0 Å². The fourth-order valence-corrected chi connectivity index (χ4v) is 2.77. The molecule has 3 aromatic heterocycles. The van der Waals surface area contributed by atoms with Gasteiger partial charge in [0.15, 0.2) is 0 Å². The summed E-state index contributed by atoms with van der Waals surface area (Å²) in [4.78, 5) is 8.54. The normalized spacial score (nSPS) is 11.1. The second-order valence-corrected chi connectivity index (χ2v) is 5.52. The largest absolute Gasteiger partial charge is 0.333 e. The number of nitrogens with zero attached hydrogens (tertiary/aromatic N) is 4. The minimum absolute atomic E-state index is 0.840. The fraction of sp³-hybridized carbons (Fsp3) is 0.111. The molecule has 0 radical (unpaired) electrons. The molecule has 108 valence electrons. The molecule has 0 atom stereocenters. The molecule has 4 rings (SSSR count). The van der Waals surface area contributed by atoms with Crippen molar-refractivity contribution in [2.45, 2.75) is 13.5 Å². The molecule has 0 fully saturated rings. The van der Waals surface area contributed by atoms with Gasteiger partial charge in [-0.15, -0.1) is 0 Å². The van der Waals surface area contributed by atoms with Gasteiger partial charge >= 0.3 is 0 Å². The molecule has 4 heteroatoms. The molecule has 4 nitrogen and oxygen atoms in total. The summed E-state index contributed by atoms with van der Waals surface area (Å²) in [6.07, 6.45) is 11.5. The zero-order valence-electron chi connectivity index (χ0n) is 12.3. The van der Waals surface area contributed by atoms with Crippen LogP contribution in [-0.4, -0.2) is 18.9 Å². The highest BCUT2D eigenvalue weighted by Gasteiger charge is 2.06. The second kappa shape index (κ2) is 5.15. The lowest BCUT2D eigenvalue weighted by atomic mass is 10.0. The number of pyridine rings is 1. The molecule has 0 amide bonds. The maximum atomic E-state index is 4.47. The SMILES string of the molecule is Cc1cc(-c2ccc(Cn3ccnc3)cc2)c2nccn2c1. The second-order valence-electron chi connectivity index (χ2n) is 5.52. The maximum absolute atomic E-state index is 4.47. The Morgan fingerprint density at radius 3 is 2.68 bits per heavy atom. The number of benzene rings is 1. The topological polar surface area (TPSA) is 35.1 Å². The molecule has 22 heavy (non-hydrogen) atoms. The molecule has 0 N–H and O–H groups in total. The van der Waals surface area contributed by atoms with Gasteiger partial charge in [-0.2, -0.15) is 0 Å². The molecule has 4 aromatic rings. The summed E-state index contributed by atoms with van der Waals surface area (Å²) in [7, 11) is 0. The van der Waals surface area contributed by atoms with Gasteiger partial charge in [0, 0.05) is 43.1 Å². The van der Waals surface area contributed by atoms with Gasteiger partial charge in [0.1, 0.15) is 5.65 Å². The number of hydrogen-bond donors (Lipinski definition) is 0. The summed E-state index contributed by atoms with van der Waals surface area (Å²) in [6.45, 7) is 2.95. The highest BCUT2D eigenvalue weighted by molar-refractivity contribution is 5.78. The first kappa shape index (κ1) is 12.8. The van der Waals surface area contributed by atoms with Gasteiger partial charge in [-0.3, -0.25) is 0 Å². The van der Waals surface area contributed by atoms with Crippen molar-refractivity contribution in [2.75, 3.05) is 0 Å². The summed E-state index contributed by atoms with van der Waals surface area (Å²) in [5.41, 5.74) is 5.83. The van der Waals surface area contributed by atoms with Crippen molar-refractivity contribution in [3.05, 3.63) is 78.8 Å². The lowest BCUT2D eigenvalue weighted by Gasteiger charge is -2.08. The van der Waals surface area contributed by atoms with E-state index < -0.39 is 0 Å². The van der Waals surface area contributed by atoms with Crippen LogP contribution >= 0.6 is 0 Å². The molecule has 1 aromatic carbocycles. The van der Waals surface area contributed by atoms with E-state index in [1.54, 1.807) is 6.20 Å². The van der Waals surface area contributed by atoms with Crippen LogP contribution in [0, 0.1) is 6.92 Å². The van der Waals surface area contributed by atoms with Crippen molar-refractivity contribution in [3.8, 4) is 11.1 Å². The van der Waals surface area contributed by atoms with Crippen LogP contribution < -0.4 is 0 Å². The van der Waals surface area contributed by atoms with Gasteiger partial charge in [0.25, 0.3) is 0 Å². The van der Waals surface area contributed by atoms with Crippen molar-refractivity contribution in [1.29, 1.82) is 0 Å². The Morgan fingerprint density at radius 1 is 1.05 bits per heavy atom. The molecule has 0 unspecified atom stereocenters. The molecule has 0 saturated carbocycles. The third-order valence-corrected chi connectivity index (χ3v) is 3.81. The van der Waals surface area contributed by atoms with Crippen LogP contribution in [0.4, 0.5) is 0 Å². The van der Waals surface area contributed by atoms with E-state index in [-0.39, 0.29) is 0 Å². The molecule has 0 aliphatic heterocycles. The Labute approximate surface area is 128 Å². The minimum atomic E-state index is 0.840. The van der Waals surface area contributed by atoms with Crippen molar-refractivity contribution < 1.29 is 0 Å². The first-order chi connectivity index (χ1) is 10.8. The number of rotatable bonds is 3. The average Bonchev–Trinajstić information content (AvgIpc) is 3.18. The monoisotopic (exact) mass is 288 g/mol. The third-order valence-electron chi connectivity index (χ3n) is 3.81. The third kappa shape index (κ3) is 2.29. The summed E-state index contributed by atoms with van der Waals surface area (Å²) < 4.78 is 4.14. The molecular weight excluding hydrogens is 272 g/mol. The van der Waals surface area contributed by atoms with Crippen molar-refractivity contribution >= 4 is 5.65 Å². The quantitative estimate of drug-likeness (QED) is 0.578. The van der Waals surface area contributed by atoms with Crippen LogP contribution in [0.5, 0.6) is 0 Å². The Hall–Kier alpha value is -2.88. The van der Waals surface area contributed by atoms with Crippen LogP contribution in [0.3, 0.4) is 0 Å². The number of imidazole rings is 2. The molecule has 0 bridgehead atoms. The highest BCUT2D eigenvalue weighted by atomic mass is 15.0. The van der Waals surface area contributed by atoms with Gasteiger partial charge in [-0.05, 0) is 29.7 Å². The average molecular weight is 288 g/mol. The van der Waals surface area contributed by atoms with Crippen molar-refractivity contribution in [2.24, 2.45) is 0 Å². The van der Waals surface area contributed by atoms with Crippen LogP contribution in [-0.2, 0) is 6.54 Å². The van der Waals surface area contributed by atoms with Crippen LogP contribution in [0.25, 0.3) is 16.8 Å². The van der Waals surface area contributed by atoms with E-state index in [1.165, 1.54) is 22.3 Å². The maximum Gasteiger partial charge on any atom is 0.144 e. The van der Waals surface area contributed by atoms with Crippen LogP contribution in [0.2, 0.25) is 0 Å². The molecule has 0 aliphatic carbocycles. The van der Waals surface area contributed by atoms with Gasteiger partial charge in [0.05, 0.1) is 6.33 Å². The fourth-order valence-electron chi connectivity index (χ4n) is 2.77.